The second kappa shape index (κ2) is 10.3. The molecule has 0 spiro atoms. The van der Waals surface area contributed by atoms with E-state index in [1.807, 2.05) is 18.2 Å². The van der Waals surface area contributed by atoms with Gasteiger partial charge in [0.1, 0.15) is 24.1 Å². The average molecular weight is 492 g/mol. The summed E-state index contributed by atoms with van der Waals surface area (Å²) in [7, 11) is 1.70. The predicted molar refractivity (Wildman–Crippen MR) is 134 cm³/mol. The molecule has 0 aliphatic carbocycles. The predicted octanol–water partition coefficient (Wildman–Crippen LogP) is 3.20. The Morgan fingerprint density at radius 1 is 1.06 bits per heavy atom. The van der Waals surface area contributed by atoms with E-state index >= 15 is 0 Å². The zero-order valence-electron chi connectivity index (χ0n) is 20.9. The molecule has 2 unspecified atom stereocenters. The lowest BCUT2D eigenvalue weighted by atomic mass is 10.0. The molecule has 8 nitrogen and oxygen atoms in total. The van der Waals surface area contributed by atoms with Crippen LogP contribution in [0, 0.1) is 6.92 Å². The fraction of sp³-hybridized carbons (Fsp3) is 0.464. The van der Waals surface area contributed by atoms with E-state index in [0.717, 1.165) is 42.1 Å². The quantitative estimate of drug-likeness (QED) is 0.599. The summed E-state index contributed by atoms with van der Waals surface area (Å²) < 4.78 is 11.6. The first-order chi connectivity index (χ1) is 17.4. The molecular weight excluding hydrogens is 458 g/mol. The number of hydrogen-bond acceptors (Lipinski definition) is 6. The average Bonchev–Trinajstić information content (AvgIpc) is 3.19. The van der Waals surface area contributed by atoms with Gasteiger partial charge in [-0.1, -0.05) is 18.6 Å². The van der Waals surface area contributed by atoms with Gasteiger partial charge in [-0.15, -0.1) is 0 Å². The minimum atomic E-state index is -0.607. The number of rotatable bonds is 7. The Morgan fingerprint density at radius 2 is 1.92 bits per heavy atom. The molecule has 2 aromatic rings. The van der Waals surface area contributed by atoms with E-state index in [2.05, 4.69) is 29.3 Å². The third-order valence-corrected chi connectivity index (χ3v) is 7.53. The summed E-state index contributed by atoms with van der Waals surface area (Å²) in [6.07, 6.45) is 4.06. The molecule has 0 aromatic heterocycles. The van der Waals surface area contributed by atoms with Crippen LogP contribution in [-0.4, -0.2) is 59.9 Å². The lowest BCUT2D eigenvalue weighted by molar-refractivity contribution is -0.136. The molecule has 2 fully saturated rings. The van der Waals surface area contributed by atoms with E-state index in [0.29, 0.717) is 31.2 Å². The van der Waals surface area contributed by atoms with Gasteiger partial charge >= 0.3 is 0 Å². The number of amides is 3. The number of imide groups is 1. The Labute approximate surface area is 211 Å². The van der Waals surface area contributed by atoms with Gasteiger partial charge in [0, 0.05) is 31.1 Å². The highest BCUT2D eigenvalue weighted by Crippen LogP contribution is 2.31. The lowest BCUT2D eigenvalue weighted by Gasteiger charge is -2.35. The van der Waals surface area contributed by atoms with E-state index in [-0.39, 0.29) is 18.2 Å². The summed E-state index contributed by atoms with van der Waals surface area (Å²) in [5.41, 5.74) is 3.86. The van der Waals surface area contributed by atoms with Crippen molar-refractivity contribution < 1.29 is 23.9 Å². The van der Waals surface area contributed by atoms with Crippen molar-refractivity contribution in [1.82, 2.24) is 15.1 Å². The van der Waals surface area contributed by atoms with Crippen LogP contribution in [0.3, 0.4) is 0 Å². The van der Waals surface area contributed by atoms with E-state index < -0.39 is 11.9 Å². The fourth-order valence-electron chi connectivity index (χ4n) is 5.56. The number of ether oxygens (including phenoxy) is 2. The largest absolute Gasteiger partial charge is 0.496 e. The fourth-order valence-corrected chi connectivity index (χ4v) is 5.56. The van der Waals surface area contributed by atoms with Crippen LogP contribution in [0.1, 0.15) is 59.2 Å². The summed E-state index contributed by atoms with van der Waals surface area (Å²) >= 11 is 0. The first-order valence-electron chi connectivity index (χ1n) is 12.7. The van der Waals surface area contributed by atoms with Gasteiger partial charge in [-0.3, -0.25) is 24.6 Å². The van der Waals surface area contributed by atoms with Crippen LogP contribution in [0.5, 0.6) is 11.5 Å². The second-order valence-electron chi connectivity index (χ2n) is 9.95. The van der Waals surface area contributed by atoms with Gasteiger partial charge in [0.25, 0.3) is 5.91 Å². The maximum absolute atomic E-state index is 12.9. The third-order valence-electron chi connectivity index (χ3n) is 7.53. The summed E-state index contributed by atoms with van der Waals surface area (Å²) in [6.45, 7) is 4.92. The summed E-state index contributed by atoms with van der Waals surface area (Å²) in [6, 6.07) is 11.6. The molecule has 5 rings (SSSR count). The number of fused-ring (bicyclic) bond motifs is 1. The van der Waals surface area contributed by atoms with Gasteiger partial charge < -0.3 is 14.4 Å². The molecule has 36 heavy (non-hydrogen) atoms. The number of aryl methyl sites for hydroxylation is 1. The van der Waals surface area contributed by atoms with Gasteiger partial charge in [-0.05, 0) is 73.7 Å². The third kappa shape index (κ3) is 4.95. The van der Waals surface area contributed by atoms with Gasteiger partial charge in [0.2, 0.25) is 11.8 Å². The molecular formula is C28H33N3O5. The van der Waals surface area contributed by atoms with Crippen LogP contribution in [0.15, 0.2) is 36.4 Å². The molecule has 3 aliphatic rings. The molecule has 1 N–H and O–H groups in total. The maximum Gasteiger partial charge on any atom is 0.255 e. The highest BCUT2D eigenvalue weighted by Gasteiger charge is 2.39. The molecule has 3 amide bonds. The molecule has 2 aromatic carbocycles. The maximum atomic E-state index is 12.9. The molecule has 3 heterocycles. The standard InChI is InChI=1S/C28H33N3O5/c1-18-13-19(6-10-25(18)35-2)15-30-12-4-3-5-21(30)17-36-22-7-8-23-20(14-22)16-31(28(23)34)24-9-11-26(32)29-27(24)33/h6-8,10,13-14,21,24H,3-5,9,11-12,15-17H2,1-2H3,(H,29,32,33). The van der Waals surface area contributed by atoms with Gasteiger partial charge in [0.15, 0.2) is 0 Å². The minimum absolute atomic E-state index is 0.167. The number of likely N-dealkylation sites (tertiary alicyclic amines) is 1. The van der Waals surface area contributed by atoms with Crippen LogP contribution in [0.25, 0.3) is 0 Å². The first-order valence-corrected chi connectivity index (χ1v) is 12.7. The van der Waals surface area contributed by atoms with Gasteiger partial charge in [-0.25, -0.2) is 0 Å². The number of nitrogens with zero attached hydrogens (tertiary/aromatic N) is 2. The highest BCUT2D eigenvalue weighted by molar-refractivity contribution is 6.05. The van der Waals surface area contributed by atoms with Crippen LogP contribution in [0.2, 0.25) is 0 Å². The summed E-state index contributed by atoms with van der Waals surface area (Å²) in [5.74, 6) is 0.795. The van der Waals surface area contributed by atoms with E-state index in [4.69, 9.17) is 9.47 Å². The molecule has 0 saturated carbocycles. The Balaban J connectivity index is 1.22. The zero-order valence-corrected chi connectivity index (χ0v) is 20.9. The van der Waals surface area contributed by atoms with Crippen LogP contribution in [-0.2, 0) is 22.7 Å². The summed E-state index contributed by atoms with van der Waals surface area (Å²) in [4.78, 5) is 40.8. The molecule has 190 valence electrons. The molecule has 0 bridgehead atoms. The molecule has 2 saturated heterocycles. The molecule has 0 radical (unpaired) electrons. The van der Waals surface area contributed by atoms with E-state index in [1.54, 1.807) is 18.1 Å². The van der Waals surface area contributed by atoms with Gasteiger partial charge in [-0.2, -0.15) is 0 Å². The zero-order chi connectivity index (χ0) is 25.2. The number of methoxy groups -OCH3 is 1. The van der Waals surface area contributed by atoms with Crippen molar-refractivity contribution in [2.45, 2.75) is 64.2 Å². The monoisotopic (exact) mass is 491 g/mol. The molecule has 2 atom stereocenters. The molecule has 8 heteroatoms. The SMILES string of the molecule is COc1ccc(CN2CCCCC2COc2ccc3c(c2)CN(C2CCC(=O)NC2=O)C3=O)cc1C. The van der Waals surface area contributed by atoms with Crippen LogP contribution < -0.4 is 14.8 Å². The van der Waals surface area contributed by atoms with E-state index in [9.17, 15) is 14.4 Å². The smallest absolute Gasteiger partial charge is 0.255 e. The van der Waals surface area contributed by atoms with Crippen molar-refractivity contribution >= 4 is 17.7 Å². The number of piperidine rings is 2. The topological polar surface area (TPSA) is 88.2 Å². The van der Waals surface area contributed by atoms with Crippen molar-refractivity contribution in [3.63, 3.8) is 0 Å². The number of carbonyl (C=O) groups excluding carboxylic acids is 3. The van der Waals surface area contributed by atoms with Crippen LogP contribution >= 0.6 is 0 Å². The van der Waals surface area contributed by atoms with Gasteiger partial charge in [0.05, 0.1) is 7.11 Å². The van der Waals surface area contributed by atoms with Crippen molar-refractivity contribution in [3.8, 4) is 11.5 Å². The second-order valence-corrected chi connectivity index (χ2v) is 9.95. The Morgan fingerprint density at radius 3 is 2.69 bits per heavy atom. The number of nitrogens with one attached hydrogen (secondary N) is 1. The van der Waals surface area contributed by atoms with Crippen molar-refractivity contribution in [2.75, 3.05) is 20.3 Å². The van der Waals surface area contributed by atoms with Crippen molar-refractivity contribution in [1.29, 1.82) is 0 Å². The number of hydrogen-bond donors (Lipinski definition) is 1. The Kier molecular flexibility index (Phi) is 6.96. The first kappa shape index (κ1) is 24.3. The lowest BCUT2D eigenvalue weighted by Crippen LogP contribution is -2.52. The normalized spacial score (nSPS) is 22.4. The van der Waals surface area contributed by atoms with Crippen molar-refractivity contribution in [2.24, 2.45) is 0 Å². The molecule has 3 aliphatic heterocycles. The van der Waals surface area contributed by atoms with Crippen molar-refractivity contribution in [3.05, 3.63) is 58.7 Å². The summed E-state index contributed by atoms with van der Waals surface area (Å²) in [5, 5.41) is 2.34. The highest BCUT2D eigenvalue weighted by atomic mass is 16.5. The van der Waals surface area contributed by atoms with Crippen LogP contribution in [0.4, 0.5) is 0 Å². The van der Waals surface area contributed by atoms with E-state index in [1.165, 1.54) is 18.4 Å². The Bertz CT molecular complexity index is 1180. The minimum Gasteiger partial charge on any atom is -0.496 e. The number of benzene rings is 2. The number of carbonyl (C=O) groups is 3. The Hall–Kier alpha value is -3.39.